The Bertz CT molecular complexity index is 672. The minimum absolute atomic E-state index is 0.00105. The lowest BCUT2D eigenvalue weighted by molar-refractivity contribution is 0.0505. The fraction of sp³-hybridized carbons (Fsp3) is 0.381. The van der Waals surface area contributed by atoms with E-state index in [1.807, 2.05) is 52.0 Å². The molecule has 0 spiro atoms. The number of ether oxygens (including phenoxy) is 1. The molecule has 0 saturated heterocycles. The number of aromatic hydroxyl groups is 2. The molecule has 0 saturated carbocycles. The number of amides is 1. The Morgan fingerprint density at radius 1 is 0.962 bits per heavy atom. The second-order valence-electron chi connectivity index (χ2n) is 7.52. The van der Waals surface area contributed by atoms with Crippen LogP contribution in [0.4, 0.5) is 4.79 Å². The van der Waals surface area contributed by atoms with E-state index in [-0.39, 0.29) is 23.5 Å². The molecule has 5 nitrogen and oxygen atoms in total. The molecular formula is C21H27NO4. The number of rotatable bonds is 5. The SMILES string of the molecule is CC(CC(c1ccc(O)cc1)c1ccc(O)cc1)NC(=O)OC(C)(C)C. The van der Waals surface area contributed by atoms with Gasteiger partial charge in [0.2, 0.25) is 0 Å². The molecule has 3 N–H and O–H groups in total. The fourth-order valence-corrected chi connectivity index (χ4v) is 2.80. The number of hydrogen-bond acceptors (Lipinski definition) is 4. The lowest BCUT2D eigenvalue weighted by Gasteiger charge is -2.25. The number of hydrogen-bond donors (Lipinski definition) is 3. The van der Waals surface area contributed by atoms with Crippen LogP contribution in [0.3, 0.4) is 0 Å². The van der Waals surface area contributed by atoms with Crippen molar-refractivity contribution in [2.45, 2.75) is 51.7 Å². The number of phenolic OH excluding ortho intramolecular Hbond substituents is 2. The van der Waals surface area contributed by atoms with Crippen LogP contribution < -0.4 is 5.32 Å². The van der Waals surface area contributed by atoms with Gasteiger partial charge in [-0.15, -0.1) is 0 Å². The maximum absolute atomic E-state index is 12.0. The summed E-state index contributed by atoms with van der Waals surface area (Å²) < 4.78 is 5.32. The molecule has 26 heavy (non-hydrogen) atoms. The van der Waals surface area contributed by atoms with Crippen LogP contribution in [0.2, 0.25) is 0 Å². The van der Waals surface area contributed by atoms with Crippen molar-refractivity contribution in [1.82, 2.24) is 5.32 Å². The van der Waals surface area contributed by atoms with Gasteiger partial charge in [-0.2, -0.15) is 0 Å². The monoisotopic (exact) mass is 357 g/mol. The third kappa shape index (κ3) is 5.99. The number of carbonyl (C=O) groups excluding carboxylic acids is 1. The Morgan fingerprint density at radius 3 is 1.77 bits per heavy atom. The quantitative estimate of drug-likeness (QED) is 0.734. The fourth-order valence-electron chi connectivity index (χ4n) is 2.80. The highest BCUT2D eigenvalue weighted by Gasteiger charge is 2.22. The first-order valence-electron chi connectivity index (χ1n) is 8.71. The van der Waals surface area contributed by atoms with Crippen LogP contribution in [0.15, 0.2) is 48.5 Å². The molecule has 1 atom stereocenters. The van der Waals surface area contributed by atoms with E-state index in [0.717, 1.165) is 11.1 Å². The molecule has 140 valence electrons. The smallest absolute Gasteiger partial charge is 0.407 e. The van der Waals surface area contributed by atoms with Gasteiger partial charge in [0.05, 0.1) is 0 Å². The van der Waals surface area contributed by atoms with E-state index in [1.54, 1.807) is 24.3 Å². The van der Waals surface area contributed by atoms with Crippen LogP contribution in [-0.4, -0.2) is 27.9 Å². The van der Waals surface area contributed by atoms with Gasteiger partial charge in [0, 0.05) is 12.0 Å². The summed E-state index contributed by atoms with van der Waals surface area (Å²) in [6.07, 6.45) is 0.203. The minimum atomic E-state index is -0.545. The van der Waals surface area contributed by atoms with Crippen LogP contribution in [0, 0.1) is 0 Å². The summed E-state index contributed by atoms with van der Waals surface area (Å²) in [5, 5.41) is 22.0. The van der Waals surface area contributed by atoms with E-state index < -0.39 is 11.7 Å². The summed E-state index contributed by atoms with van der Waals surface area (Å²) in [7, 11) is 0. The maximum atomic E-state index is 12.0. The van der Waals surface area contributed by atoms with Crippen molar-refractivity contribution >= 4 is 6.09 Å². The molecule has 0 radical (unpaired) electrons. The lowest BCUT2D eigenvalue weighted by Crippen LogP contribution is -2.38. The van der Waals surface area contributed by atoms with Crippen molar-refractivity contribution in [3.8, 4) is 11.5 Å². The molecule has 0 aromatic heterocycles. The standard InChI is InChI=1S/C21H27NO4/c1-14(22-20(25)26-21(2,3)4)13-19(15-5-9-17(23)10-6-15)16-7-11-18(24)12-8-16/h5-12,14,19,23-24H,13H2,1-4H3,(H,22,25). The Balaban J connectivity index is 2.17. The number of nitrogens with one attached hydrogen (secondary N) is 1. The first-order chi connectivity index (χ1) is 12.1. The van der Waals surface area contributed by atoms with Gasteiger partial charge >= 0.3 is 6.09 Å². The third-order valence-electron chi connectivity index (χ3n) is 3.94. The van der Waals surface area contributed by atoms with Gasteiger partial charge in [-0.3, -0.25) is 0 Å². The van der Waals surface area contributed by atoms with Crippen molar-refractivity contribution in [3.05, 3.63) is 59.7 Å². The van der Waals surface area contributed by atoms with Crippen molar-refractivity contribution in [2.24, 2.45) is 0 Å². The third-order valence-corrected chi connectivity index (χ3v) is 3.94. The summed E-state index contributed by atoms with van der Waals surface area (Å²) in [6, 6.07) is 13.9. The molecule has 0 fully saturated rings. The van der Waals surface area contributed by atoms with Crippen LogP contribution in [0.5, 0.6) is 11.5 Å². The summed E-state index contributed by atoms with van der Waals surface area (Å²) in [5.41, 5.74) is 1.49. The molecule has 1 amide bonds. The summed E-state index contributed by atoms with van der Waals surface area (Å²) in [4.78, 5) is 12.0. The van der Waals surface area contributed by atoms with Crippen LogP contribution in [0.25, 0.3) is 0 Å². The Labute approximate surface area is 154 Å². The summed E-state index contributed by atoms with van der Waals surface area (Å²) in [6.45, 7) is 7.41. The molecule has 0 aliphatic rings. The van der Waals surface area contributed by atoms with E-state index >= 15 is 0 Å². The zero-order valence-electron chi connectivity index (χ0n) is 15.7. The highest BCUT2D eigenvalue weighted by atomic mass is 16.6. The van der Waals surface area contributed by atoms with Gasteiger partial charge in [-0.1, -0.05) is 24.3 Å². The Morgan fingerprint density at radius 2 is 1.38 bits per heavy atom. The number of carbonyl (C=O) groups is 1. The minimum Gasteiger partial charge on any atom is -0.508 e. The van der Waals surface area contributed by atoms with Crippen LogP contribution >= 0.6 is 0 Å². The number of phenols is 2. The predicted molar refractivity (Wildman–Crippen MR) is 102 cm³/mol. The number of benzene rings is 2. The van der Waals surface area contributed by atoms with E-state index in [9.17, 15) is 15.0 Å². The van der Waals surface area contributed by atoms with Gasteiger partial charge in [-0.05, 0) is 69.5 Å². The molecule has 0 bridgehead atoms. The highest BCUT2D eigenvalue weighted by molar-refractivity contribution is 5.68. The molecular weight excluding hydrogens is 330 g/mol. The average Bonchev–Trinajstić information content (AvgIpc) is 2.52. The normalized spacial score (nSPS) is 12.7. The zero-order chi connectivity index (χ0) is 19.3. The van der Waals surface area contributed by atoms with E-state index in [2.05, 4.69) is 5.32 Å². The van der Waals surface area contributed by atoms with Crippen molar-refractivity contribution in [2.75, 3.05) is 0 Å². The molecule has 1 unspecified atom stereocenters. The molecule has 0 heterocycles. The number of alkyl carbamates (subject to hydrolysis) is 1. The van der Waals surface area contributed by atoms with E-state index in [4.69, 9.17) is 4.74 Å². The van der Waals surface area contributed by atoms with Crippen LogP contribution in [-0.2, 0) is 4.74 Å². The largest absolute Gasteiger partial charge is 0.508 e. The molecule has 2 aromatic carbocycles. The topological polar surface area (TPSA) is 78.8 Å². The van der Waals surface area contributed by atoms with Crippen LogP contribution in [0.1, 0.15) is 51.2 Å². The summed E-state index contributed by atoms with van der Waals surface area (Å²) in [5.74, 6) is 0.414. The zero-order valence-corrected chi connectivity index (χ0v) is 15.7. The van der Waals surface area contributed by atoms with Gasteiger partial charge in [0.25, 0.3) is 0 Å². The molecule has 5 heteroatoms. The second kappa shape index (κ2) is 8.13. The van der Waals surface area contributed by atoms with E-state index in [1.165, 1.54) is 0 Å². The molecule has 0 aliphatic heterocycles. The molecule has 0 aliphatic carbocycles. The van der Waals surface area contributed by atoms with Crippen molar-refractivity contribution < 1.29 is 19.7 Å². The van der Waals surface area contributed by atoms with Crippen molar-refractivity contribution in [3.63, 3.8) is 0 Å². The summed E-state index contributed by atoms with van der Waals surface area (Å²) >= 11 is 0. The molecule has 2 rings (SSSR count). The van der Waals surface area contributed by atoms with Gasteiger partial charge in [0.1, 0.15) is 17.1 Å². The van der Waals surface area contributed by atoms with Crippen molar-refractivity contribution in [1.29, 1.82) is 0 Å². The first-order valence-corrected chi connectivity index (χ1v) is 8.71. The Kier molecular flexibility index (Phi) is 6.14. The second-order valence-corrected chi connectivity index (χ2v) is 7.52. The van der Waals surface area contributed by atoms with Gasteiger partial charge < -0.3 is 20.3 Å². The predicted octanol–water partition coefficient (Wildman–Crippen LogP) is 4.53. The lowest BCUT2D eigenvalue weighted by atomic mass is 9.86. The highest BCUT2D eigenvalue weighted by Crippen LogP contribution is 2.31. The van der Waals surface area contributed by atoms with Gasteiger partial charge in [0.15, 0.2) is 0 Å². The maximum Gasteiger partial charge on any atom is 0.407 e. The average molecular weight is 357 g/mol. The van der Waals surface area contributed by atoms with E-state index in [0.29, 0.717) is 6.42 Å². The Hall–Kier alpha value is -2.69. The molecule has 2 aromatic rings. The van der Waals surface area contributed by atoms with Gasteiger partial charge in [-0.25, -0.2) is 4.79 Å². The first kappa shape index (κ1) is 19.6.